The summed E-state index contributed by atoms with van der Waals surface area (Å²) < 4.78 is 0. The first-order chi connectivity index (χ1) is 9.20. The molecule has 1 N–H and O–H groups in total. The van der Waals surface area contributed by atoms with Gasteiger partial charge in [-0.1, -0.05) is 53.5 Å². The van der Waals surface area contributed by atoms with Crippen LogP contribution in [0.25, 0.3) is 0 Å². The number of rotatable bonds is 5. The molecule has 2 rings (SSSR count). The van der Waals surface area contributed by atoms with E-state index >= 15 is 0 Å². The van der Waals surface area contributed by atoms with Gasteiger partial charge in [-0.15, -0.1) is 0 Å². The number of hydrogen-bond acceptors (Lipinski definition) is 3. The fourth-order valence-electron chi connectivity index (χ4n) is 1.82. The molecular formula is C14H14Cl2N2O. The predicted octanol–water partition coefficient (Wildman–Crippen LogP) is 3.39. The summed E-state index contributed by atoms with van der Waals surface area (Å²) in [6, 6.07) is 11.6. The third kappa shape index (κ3) is 3.83. The van der Waals surface area contributed by atoms with Crippen LogP contribution in [0.1, 0.15) is 5.56 Å². The van der Waals surface area contributed by atoms with Crippen LogP contribution in [0.5, 0.6) is 0 Å². The molecule has 0 spiro atoms. The van der Waals surface area contributed by atoms with Crippen LogP contribution in [0.3, 0.4) is 0 Å². The summed E-state index contributed by atoms with van der Waals surface area (Å²) >= 11 is 12.0. The number of anilines is 1. The fourth-order valence-corrected chi connectivity index (χ4v) is 2.32. The summed E-state index contributed by atoms with van der Waals surface area (Å²) in [5.41, 5.74) is 1.13. The number of halogens is 2. The Morgan fingerprint density at radius 3 is 2.53 bits per heavy atom. The van der Waals surface area contributed by atoms with Crippen molar-refractivity contribution < 1.29 is 5.11 Å². The third-order valence-corrected chi connectivity index (χ3v) is 3.16. The van der Waals surface area contributed by atoms with Crippen LogP contribution in [-0.4, -0.2) is 23.2 Å². The van der Waals surface area contributed by atoms with Gasteiger partial charge in [0.05, 0.1) is 16.7 Å². The van der Waals surface area contributed by atoms with Crippen LogP contribution in [0.4, 0.5) is 5.82 Å². The Morgan fingerprint density at radius 2 is 1.89 bits per heavy atom. The number of pyridine rings is 1. The lowest BCUT2D eigenvalue weighted by Crippen LogP contribution is -2.27. The Labute approximate surface area is 122 Å². The summed E-state index contributed by atoms with van der Waals surface area (Å²) in [6.07, 6.45) is 1.55. The van der Waals surface area contributed by atoms with E-state index in [0.29, 0.717) is 29.0 Å². The van der Waals surface area contributed by atoms with E-state index in [4.69, 9.17) is 23.2 Å². The van der Waals surface area contributed by atoms with Crippen LogP contribution in [-0.2, 0) is 6.54 Å². The maximum absolute atomic E-state index is 9.18. The minimum absolute atomic E-state index is 0.0352. The number of nitrogens with zero attached hydrogens (tertiary/aromatic N) is 2. The number of benzene rings is 1. The molecule has 1 aromatic heterocycles. The monoisotopic (exact) mass is 296 g/mol. The minimum Gasteiger partial charge on any atom is -0.395 e. The molecule has 0 unspecified atom stereocenters. The molecule has 2 aromatic rings. The van der Waals surface area contributed by atoms with Gasteiger partial charge in [-0.3, -0.25) is 0 Å². The van der Waals surface area contributed by atoms with Crippen molar-refractivity contribution in [2.24, 2.45) is 0 Å². The number of aliphatic hydroxyl groups is 1. The molecule has 0 aliphatic rings. The second-order valence-corrected chi connectivity index (χ2v) is 4.93. The zero-order valence-corrected chi connectivity index (χ0v) is 11.8. The predicted molar refractivity (Wildman–Crippen MR) is 78.8 cm³/mol. The molecule has 19 heavy (non-hydrogen) atoms. The lowest BCUT2D eigenvalue weighted by Gasteiger charge is -2.23. The molecule has 0 saturated heterocycles. The normalized spacial score (nSPS) is 10.5. The summed E-state index contributed by atoms with van der Waals surface area (Å²) in [5.74, 6) is 0.629. The summed E-state index contributed by atoms with van der Waals surface area (Å²) in [6.45, 7) is 1.13. The zero-order chi connectivity index (χ0) is 13.7. The van der Waals surface area contributed by atoms with Gasteiger partial charge in [-0.25, -0.2) is 4.98 Å². The van der Waals surface area contributed by atoms with Crippen molar-refractivity contribution in [3.8, 4) is 0 Å². The van der Waals surface area contributed by atoms with Gasteiger partial charge in [0.2, 0.25) is 0 Å². The van der Waals surface area contributed by atoms with Crippen molar-refractivity contribution in [2.75, 3.05) is 18.1 Å². The van der Waals surface area contributed by atoms with E-state index in [9.17, 15) is 5.11 Å². The molecule has 0 aliphatic carbocycles. The van der Waals surface area contributed by atoms with Crippen LogP contribution >= 0.6 is 23.2 Å². The van der Waals surface area contributed by atoms with Gasteiger partial charge < -0.3 is 10.0 Å². The highest BCUT2D eigenvalue weighted by Gasteiger charge is 2.12. The largest absolute Gasteiger partial charge is 0.395 e. The van der Waals surface area contributed by atoms with Crippen LogP contribution in [0.2, 0.25) is 10.0 Å². The van der Waals surface area contributed by atoms with Crippen LogP contribution in [0, 0.1) is 0 Å². The molecule has 5 heteroatoms. The molecule has 0 fully saturated rings. The van der Waals surface area contributed by atoms with Crippen molar-refractivity contribution in [3.05, 3.63) is 58.2 Å². The van der Waals surface area contributed by atoms with E-state index in [1.165, 1.54) is 0 Å². The van der Waals surface area contributed by atoms with E-state index in [1.807, 2.05) is 35.2 Å². The van der Waals surface area contributed by atoms with Gasteiger partial charge in [-0.05, 0) is 11.6 Å². The van der Waals surface area contributed by atoms with Gasteiger partial charge in [0.15, 0.2) is 0 Å². The molecular weight excluding hydrogens is 283 g/mol. The number of aliphatic hydroxyl groups excluding tert-OH is 1. The molecule has 100 valence electrons. The van der Waals surface area contributed by atoms with Crippen molar-refractivity contribution in [1.82, 2.24) is 4.98 Å². The highest BCUT2D eigenvalue weighted by molar-refractivity contribution is 6.36. The fraction of sp³-hybridized carbons (Fsp3) is 0.214. The average molecular weight is 297 g/mol. The van der Waals surface area contributed by atoms with Gasteiger partial charge in [0.1, 0.15) is 5.82 Å². The summed E-state index contributed by atoms with van der Waals surface area (Å²) in [5, 5.41) is 10.2. The Balaban J connectivity index is 2.24. The topological polar surface area (TPSA) is 36.4 Å². The van der Waals surface area contributed by atoms with Crippen molar-refractivity contribution in [3.63, 3.8) is 0 Å². The molecule has 0 amide bonds. The van der Waals surface area contributed by atoms with Crippen LogP contribution in [0.15, 0.2) is 42.6 Å². The average Bonchev–Trinajstić information content (AvgIpc) is 2.39. The van der Waals surface area contributed by atoms with Gasteiger partial charge in [0.25, 0.3) is 0 Å². The molecule has 0 aliphatic heterocycles. The standard InChI is InChI=1S/C14H14Cl2N2O/c15-12-8-13(16)14(17-9-12)18(6-7-19)10-11-4-2-1-3-5-11/h1-5,8-9,19H,6-7,10H2. The van der Waals surface area contributed by atoms with E-state index in [2.05, 4.69) is 4.98 Å². The van der Waals surface area contributed by atoms with E-state index in [-0.39, 0.29) is 6.61 Å². The Bertz CT molecular complexity index is 534. The lowest BCUT2D eigenvalue weighted by atomic mass is 10.2. The quantitative estimate of drug-likeness (QED) is 0.919. The van der Waals surface area contributed by atoms with Crippen molar-refractivity contribution in [2.45, 2.75) is 6.54 Å². The molecule has 0 radical (unpaired) electrons. The second kappa shape index (κ2) is 6.75. The van der Waals surface area contributed by atoms with Crippen molar-refractivity contribution >= 4 is 29.0 Å². The Morgan fingerprint density at radius 1 is 1.16 bits per heavy atom. The highest BCUT2D eigenvalue weighted by atomic mass is 35.5. The van der Waals surface area contributed by atoms with E-state index in [1.54, 1.807) is 12.3 Å². The van der Waals surface area contributed by atoms with E-state index in [0.717, 1.165) is 5.56 Å². The Hall–Kier alpha value is -1.29. The molecule has 0 saturated carbocycles. The summed E-state index contributed by atoms with van der Waals surface area (Å²) in [4.78, 5) is 6.17. The number of hydrogen-bond donors (Lipinski definition) is 1. The first-order valence-corrected chi connectivity index (χ1v) is 6.67. The SMILES string of the molecule is OCCN(Cc1ccccc1)c1ncc(Cl)cc1Cl. The molecule has 1 heterocycles. The molecule has 3 nitrogen and oxygen atoms in total. The third-order valence-electron chi connectivity index (χ3n) is 2.67. The summed E-state index contributed by atoms with van der Waals surface area (Å²) in [7, 11) is 0. The van der Waals surface area contributed by atoms with Gasteiger partial charge in [-0.2, -0.15) is 0 Å². The smallest absolute Gasteiger partial charge is 0.147 e. The lowest BCUT2D eigenvalue weighted by molar-refractivity contribution is 0.301. The van der Waals surface area contributed by atoms with Crippen LogP contribution < -0.4 is 4.90 Å². The molecule has 0 atom stereocenters. The maximum Gasteiger partial charge on any atom is 0.147 e. The van der Waals surface area contributed by atoms with E-state index < -0.39 is 0 Å². The molecule has 0 bridgehead atoms. The minimum atomic E-state index is 0.0352. The first-order valence-electron chi connectivity index (χ1n) is 5.91. The Kier molecular flexibility index (Phi) is 5.02. The maximum atomic E-state index is 9.18. The second-order valence-electron chi connectivity index (χ2n) is 4.09. The highest BCUT2D eigenvalue weighted by Crippen LogP contribution is 2.26. The number of aromatic nitrogens is 1. The molecule has 1 aromatic carbocycles. The van der Waals surface area contributed by atoms with Gasteiger partial charge in [0, 0.05) is 19.3 Å². The van der Waals surface area contributed by atoms with Crippen molar-refractivity contribution in [1.29, 1.82) is 0 Å². The van der Waals surface area contributed by atoms with Gasteiger partial charge >= 0.3 is 0 Å². The first kappa shape index (κ1) is 14.1. The zero-order valence-electron chi connectivity index (χ0n) is 10.3.